The van der Waals surface area contributed by atoms with Crippen molar-refractivity contribution in [3.8, 4) is 0 Å². The Balaban J connectivity index is 1.37. The second-order valence-corrected chi connectivity index (χ2v) is 6.67. The molecule has 0 bridgehead atoms. The maximum Gasteiger partial charge on any atom is 0.272 e. The van der Waals surface area contributed by atoms with Crippen molar-refractivity contribution in [2.75, 3.05) is 31.6 Å². The van der Waals surface area contributed by atoms with E-state index in [1.165, 1.54) is 18.5 Å². The minimum atomic E-state index is -0.510. The summed E-state index contributed by atoms with van der Waals surface area (Å²) in [6.45, 7) is 2.85. The first-order valence-corrected chi connectivity index (χ1v) is 9.01. The van der Waals surface area contributed by atoms with Gasteiger partial charge < -0.3 is 19.7 Å². The molecule has 1 aromatic carbocycles. The third-order valence-electron chi connectivity index (χ3n) is 4.90. The number of halogens is 1. The molecule has 0 atom stereocenters. The lowest BCUT2D eigenvalue weighted by atomic mass is 10.0. The minimum absolute atomic E-state index is 0.130. The van der Waals surface area contributed by atoms with Gasteiger partial charge in [-0.1, -0.05) is 12.1 Å². The Morgan fingerprint density at radius 2 is 1.85 bits per heavy atom. The number of anilines is 1. The molecule has 0 unspecified atom stereocenters. The van der Waals surface area contributed by atoms with Crippen LogP contribution in [-0.4, -0.2) is 52.9 Å². The zero-order valence-corrected chi connectivity index (χ0v) is 14.9. The van der Waals surface area contributed by atoms with Gasteiger partial charge in [-0.25, -0.2) is 14.4 Å². The largest absolute Gasteiger partial charge is 0.366 e. The molecule has 2 aromatic rings. The molecule has 4 rings (SSSR count). The maximum absolute atomic E-state index is 13.0. The van der Waals surface area contributed by atoms with Gasteiger partial charge in [0.15, 0.2) is 5.79 Å². The van der Waals surface area contributed by atoms with E-state index in [1.807, 2.05) is 0 Å². The predicted octanol–water partition coefficient (Wildman–Crippen LogP) is 2.21. The van der Waals surface area contributed by atoms with Gasteiger partial charge in [-0.05, 0) is 17.7 Å². The molecular weight excluding hydrogens is 351 g/mol. The van der Waals surface area contributed by atoms with Crippen LogP contribution in [0.15, 0.2) is 36.7 Å². The van der Waals surface area contributed by atoms with Crippen molar-refractivity contribution >= 4 is 11.7 Å². The van der Waals surface area contributed by atoms with Crippen molar-refractivity contribution in [1.82, 2.24) is 14.9 Å². The number of amides is 1. The fraction of sp³-hybridized carbons (Fsp3) is 0.421. The first kappa shape index (κ1) is 17.8. The van der Waals surface area contributed by atoms with Gasteiger partial charge in [0.05, 0.1) is 13.2 Å². The van der Waals surface area contributed by atoms with E-state index >= 15 is 0 Å². The molecule has 2 fully saturated rings. The lowest BCUT2D eigenvalue weighted by molar-refractivity contribution is -0.181. The summed E-state index contributed by atoms with van der Waals surface area (Å²) < 4.78 is 24.4. The molecule has 2 aliphatic rings. The van der Waals surface area contributed by atoms with Crippen molar-refractivity contribution in [1.29, 1.82) is 0 Å². The molecule has 0 saturated carbocycles. The average molecular weight is 372 g/mol. The number of piperidine rings is 1. The number of carbonyl (C=O) groups is 1. The number of aromatic nitrogens is 2. The van der Waals surface area contributed by atoms with Gasteiger partial charge in [0.1, 0.15) is 23.7 Å². The molecule has 0 aliphatic carbocycles. The normalized spacial score (nSPS) is 18.6. The van der Waals surface area contributed by atoms with Gasteiger partial charge >= 0.3 is 0 Å². The average Bonchev–Trinajstić information content (AvgIpc) is 3.16. The molecule has 1 aromatic heterocycles. The van der Waals surface area contributed by atoms with Crippen molar-refractivity contribution in [2.45, 2.75) is 25.2 Å². The van der Waals surface area contributed by atoms with Crippen molar-refractivity contribution in [3.63, 3.8) is 0 Å². The lowest BCUT2D eigenvalue weighted by Crippen LogP contribution is -2.47. The number of benzene rings is 1. The molecular formula is C19H21FN4O3. The van der Waals surface area contributed by atoms with Crippen LogP contribution in [0.25, 0.3) is 0 Å². The molecule has 0 radical (unpaired) electrons. The second kappa shape index (κ2) is 7.58. The van der Waals surface area contributed by atoms with E-state index in [0.717, 1.165) is 5.56 Å². The third kappa shape index (κ3) is 4.06. The van der Waals surface area contributed by atoms with E-state index < -0.39 is 5.79 Å². The third-order valence-corrected chi connectivity index (χ3v) is 4.90. The van der Waals surface area contributed by atoms with Gasteiger partial charge in [0, 0.05) is 38.5 Å². The van der Waals surface area contributed by atoms with Gasteiger partial charge in [-0.2, -0.15) is 0 Å². The van der Waals surface area contributed by atoms with Crippen molar-refractivity contribution in [3.05, 3.63) is 53.7 Å². The molecule has 3 heterocycles. The Morgan fingerprint density at radius 3 is 2.56 bits per heavy atom. The van der Waals surface area contributed by atoms with Gasteiger partial charge in [0.25, 0.3) is 5.91 Å². The van der Waals surface area contributed by atoms with Crippen molar-refractivity contribution in [2.24, 2.45) is 0 Å². The molecule has 27 heavy (non-hydrogen) atoms. The smallest absolute Gasteiger partial charge is 0.272 e. The highest BCUT2D eigenvalue weighted by Crippen LogP contribution is 2.31. The van der Waals surface area contributed by atoms with E-state index in [-0.39, 0.29) is 11.7 Å². The van der Waals surface area contributed by atoms with Gasteiger partial charge in [-0.15, -0.1) is 0 Å². The molecule has 1 spiro atoms. The Kier molecular flexibility index (Phi) is 5.00. The summed E-state index contributed by atoms with van der Waals surface area (Å²) in [5, 5.41) is 3.13. The summed E-state index contributed by atoms with van der Waals surface area (Å²) in [5.41, 5.74) is 1.26. The fourth-order valence-electron chi connectivity index (χ4n) is 3.36. The predicted molar refractivity (Wildman–Crippen MR) is 95.5 cm³/mol. The number of hydrogen-bond acceptors (Lipinski definition) is 6. The summed E-state index contributed by atoms with van der Waals surface area (Å²) in [7, 11) is 0. The van der Waals surface area contributed by atoms with E-state index in [4.69, 9.17) is 9.47 Å². The van der Waals surface area contributed by atoms with Crippen LogP contribution >= 0.6 is 0 Å². The Bertz CT molecular complexity index is 799. The summed E-state index contributed by atoms with van der Waals surface area (Å²) >= 11 is 0. The van der Waals surface area contributed by atoms with Crippen LogP contribution in [0, 0.1) is 5.82 Å². The molecule has 2 saturated heterocycles. The second-order valence-electron chi connectivity index (χ2n) is 6.67. The van der Waals surface area contributed by atoms with E-state index in [0.29, 0.717) is 57.2 Å². The molecule has 8 heteroatoms. The zero-order valence-electron chi connectivity index (χ0n) is 14.9. The van der Waals surface area contributed by atoms with E-state index in [2.05, 4.69) is 15.3 Å². The summed E-state index contributed by atoms with van der Waals surface area (Å²) in [6.07, 6.45) is 2.70. The number of nitrogens with one attached hydrogen (secondary N) is 1. The minimum Gasteiger partial charge on any atom is -0.366 e. The summed E-state index contributed by atoms with van der Waals surface area (Å²) in [4.78, 5) is 22.8. The summed E-state index contributed by atoms with van der Waals surface area (Å²) in [5.74, 6) is -0.362. The Labute approximate surface area is 156 Å². The highest BCUT2D eigenvalue weighted by molar-refractivity contribution is 5.93. The van der Waals surface area contributed by atoms with Crippen LogP contribution in [0.3, 0.4) is 0 Å². The quantitative estimate of drug-likeness (QED) is 0.887. The lowest BCUT2D eigenvalue weighted by Gasteiger charge is -2.37. The Hall–Kier alpha value is -2.58. The number of ether oxygens (including phenoxy) is 2. The first-order valence-electron chi connectivity index (χ1n) is 9.01. The van der Waals surface area contributed by atoms with Crippen LogP contribution in [0.2, 0.25) is 0 Å². The highest BCUT2D eigenvalue weighted by Gasteiger charge is 2.41. The number of hydrogen-bond donors (Lipinski definition) is 1. The van der Waals surface area contributed by atoms with Crippen LogP contribution in [0.5, 0.6) is 0 Å². The topological polar surface area (TPSA) is 76.6 Å². The fourth-order valence-corrected chi connectivity index (χ4v) is 3.36. The zero-order chi connectivity index (χ0) is 18.7. The molecule has 2 aliphatic heterocycles. The Morgan fingerprint density at radius 1 is 1.15 bits per heavy atom. The molecule has 1 N–H and O–H groups in total. The van der Waals surface area contributed by atoms with Gasteiger partial charge in [-0.3, -0.25) is 4.79 Å². The molecule has 1 amide bonds. The van der Waals surface area contributed by atoms with E-state index in [9.17, 15) is 9.18 Å². The first-order chi connectivity index (χ1) is 13.1. The van der Waals surface area contributed by atoms with Crippen LogP contribution in [0.1, 0.15) is 28.9 Å². The summed E-state index contributed by atoms with van der Waals surface area (Å²) in [6, 6.07) is 7.86. The number of nitrogens with zero attached hydrogens (tertiary/aromatic N) is 3. The SMILES string of the molecule is O=C(c1cc(NCc2ccc(F)cc2)ncn1)N1CCC2(CC1)OCCO2. The van der Waals surface area contributed by atoms with E-state index in [1.54, 1.807) is 23.1 Å². The number of rotatable bonds is 4. The number of carbonyl (C=O) groups excluding carboxylic acids is 1. The highest BCUT2D eigenvalue weighted by atomic mass is 19.1. The van der Waals surface area contributed by atoms with Crippen molar-refractivity contribution < 1.29 is 18.7 Å². The van der Waals surface area contributed by atoms with Crippen LogP contribution < -0.4 is 5.32 Å². The van der Waals surface area contributed by atoms with Crippen LogP contribution in [-0.2, 0) is 16.0 Å². The maximum atomic E-state index is 13.0. The number of likely N-dealkylation sites (tertiary alicyclic amines) is 1. The van der Waals surface area contributed by atoms with Crippen LogP contribution in [0.4, 0.5) is 10.2 Å². The van der Waals surface area contributed by atoms with Gasteiger partial charge in [0.2, 0.25) is 0 Å². The standard InChI is InChI=1S/C19H21FN4O3/c20-15-3-1-14(2-4-15)12-21-17-11-16(22-13-23-17)18(25)24-7-5-19(6-8-24)26-9-10-27-19/h1-4,11,13H,5-10,12H2,(H,21,22,23). The molecule has 7 nitrogen and oxygen atoms in total. The monoisotopic (exact) mass is 372 g/mol. The molecule has 142 valence electrons.